The van der Waals surface area contributed by atoms with E-state index < -0.39 is 23.0 Å². The molecule has 4 aromatic rings. The van der Waals surface area contributed by atoms with Crippen molar-refractivity contribution in [1.29, 1.82) is 0 Å². The van der Waals surface area contributed by atoms with E-state index in [0.717, 1.165) is 23.3 Å². The fourth-order valence-corrected chi connectivity index (χ4v) is 3.06. The summed E-state index contributed by atoms with van der Waals surface area (Å²) in [6.07, 6.45) is 3.03. The summed E-state index contributed by atoms with van der Waals surface area (Å²) in [6, 6.07) is 11.1. The van der Waals surface area contributed by atoms with Gasteiger partial charge in [0.05, 0.1) is 18.4 Å². The minimum Gasteiger partial charge on any atom is -0.497 e. The van der Waals surface area contributed by atoms with Crippen LogP contribution in [0.5, 0.6) is 5.75 Å². The van der Waals surface area contributed by atoms with E-state index in [1.54, 1.807) is 19.4 Å². The highest BCUT2D eigenvalue weighted by Gasteiger charge is 2.24. The first-order chi connectivity index (χ1) is 13.5. The molecule has 0 atom stereocenters. The number of methoxy groups -OCH3 is 1. The van der Waals surface area contributed by atoms with Crippen LogP contribution in [0.2, 0.25) is 0 Å². The number of carbonyl (C=O) groups excluding carboxylic acids is 1. The quantitative estimate of drug-likeness (QED) is 0.408. The van der Waals surface area contributed by atoms with Crippen LogP contribution < -0.4 is 10.5 Å². The molecular weight excluding hydrogens is 364 g/mol. The molecule has 140 valence electrons. The lowest BCUT2D eigenvalue weighted by Crippen LogP contribution is -2.09. The standard InChI is InChI=1S/C21H15F2N3O2/c1-28-13-4-2-3-11(7-13)12-8-14-15(10-26-21(14)25-9-12)20(27)18-16(22)5-6-17(24)19(18)23/h2-10H,24H2,1H3,(H,25,26). The Morgan fingerprint density at radius 2 is 1.96 bits per heavy atom. The van der Waals surface area contributed by atoms with Gasteiger partial charge in [0.15, 0.2) is 5.82 Å². The molecule has 0 radical (unpaired) electrons. The number of rotatable bonds is 4. The number of benzene rings is 2. The maximum atomic E-state index is 14.3. The third kappa shape index (κ3) is 2.87. The Morgan fingerprint density at radius 1 is 1.14 bits per heavy atom. The van der Waals surface area contributed by atoms with Crippen LogP contribution >= 0.6 is 0 Å². The maximum Gasteiger partial charge on any atom is 0.201 e. The van der Waals surface area contributed by atoms with Gasteiger partial charge in [0, 0.05) is 28.9 Å². The van der Waals surface area contributed by atoms with Crippen LogP contribution in [-0.2, 0) is 0 Å². The van der Waals surface area contributed by atoms with Crippen LogP contribution in [0.3, 0.4) is 0 Å². The minimum atomic E-state index is -1.07. The van der Waals surface area contributed by atoms with Crippen LogP contribution in [0, 0.1) is 11.6 Å². The van der Waals surface area contributed by atoms with Gasteiger partial charge >= 0.3 is 0 Å². The summed E-state index contributed by atoms with van der Waals surface area (Å²) >= 11 is 0. The first-order valence-corrected chi connectivity index (χ1v) is 8.39. The molecule has 0 saturated heterocycles. The van der Waals surface area contributed by atoms with Crippen molar-refractivity contribution in [3.05, 3.63) is 77.6 Å². The van der Waals surface area contributed by atoms with Gasteiger partial charge in [-0.2, -0.15) is 0 Å². The zero-order valence-corrected chi connectivity index (χ0v) is 14.8. The van der Waals surface area contributed by atoms with Crippen LogP contribution in [0.25, 0.3) is 22.2 Å². The van der Waals surface area contributed by atoms with Gasteiger partial charge < -0.3 is 15.5 Å². The van der Waals surface area contributed by atoms with Crippen LogP contribution in [0.1, 0.15) is 15.9 Å². The summed E-state index contributed by atoms with van der Waals surface area (Å²) in [6.45, 7) is 0. The van der Waals surface area contributed by atoms with E-state index in [1.807, 2.05) is 24.3 Å². The number of aromatic amines is 1. The number of nitrogens with zero attached hydrogens (tertiary/aromatic N) is 1. The fraction of sp³-hybridized carbons (Fsp3) is 0.0476. The van der Waals surface area contributed by atoms with E-state index in [1.165, 1.54) is 6.20 Å². The van der Waals surface area contributed by atoms with E-state index in [-0.39, 0.29) is 11.3 Å². The molecule has 2 heterocycles. The second-order valence-electron chi connectivity index (χ2n) is 6.21. The molecular formula is C21H15F2N3O2. The van der Waals surface area contributed by atoms with Gasteiger partial charge in [-0.1, -0.05) is 12.1 Å². The first kappa shape index (κ1) is 17.7. The molecule has 28 heavy (non-hydrogen) atoms. The number of fused-ring (bicyclic) bond motifs is 1. The van der Waals surface area contributed by atoms with Crippen molar-refractivity contribution < 1.29 is 18.3 Å². The molecule has 0 unspecified atom stereocenters. The Labute approximate surface area is 158 Å². The highest BCUT2D eigenvalue weighted by atomic mass is 19.1. The first-order valence-electron chi connectivity index (χ1n) is 8.39. The second kappa shape index (κ2) is 6.77. The monoisotopic (exact) mass is 379 g/mol. The summed E-state index contributed by atoms with van der Waals surface area (Å²) < 4.78 is 33.7. The SMILES string of the molecule is COc1cccc(-c2cnc3[nH]cc(C(=O)c4c(F)ccc(N)c4F)c3c2)c1. The number of H-pyrrole nitrogens is 1. The van der Waals surface area contributed by atoms with Gasteiger partial charge in [-0.15, -0.1) is 0 Å². The summed E-state index contributed by atoms with van der Waals surface area (Å²) in [7, 11) is 1.57. The molecule has 2 aromatic heterocycles. The molecule has 4 rings (SSSR count). The topological polar surface area (TPSA) is 81.0 Å². The van der Waals surface area contributed by atoms with Crippen molar-refractivity contribution in [2.45, 2.75) is 0 Å². The molecule has 0 fully saturated rings. The number of anilines is 1. The third-order valence-corrected chi connectivity index (χ3v) is 4.53. The Morgan fingerprint density at radius 3 is 2.75 bits per heavy atom. The van der Waals surface area contributed by atoms with Gasteiger partial charge in [-0.3, -0.25) is 4.79 Å². The van der Waals surface area contributed by atoms with Gasteiger partial charge in [-0.05, 0) is 35.9 Å². The highest BCUT2D eigenvalue weighted by molar-refractivity contribution is 6.16. The van der Waals surface area contributed by atoms with E-state index in [0.29, 0.717) is 16.8 Å². The van der Waals surface area contributed by atoms with E-state index in [4.69, 9.17) is 10.5 Å². The lowest BCUT2D eigenvalue weighted by Gasteiger charge is -2.07. The number of ketones is 1. The molecule has 0 amide bonds. The average Bonchev–Trinajstić information content (AvgIpc) is 3.14. The third-order valence-electron chi connectivity index (χ3n) is 4.53. The predicted octanol–water partition coefficient (Wildman–Crippen LogP) is 4.33. The molecule has 0 saturated carbocycles. The smallest absolute Gasteiger partial charge is 0.201 e. The molecule has 0 bridgehead atoms. The number of carbonyl (C=O) groups is 1. The number of nitrogen functional groups attached to an aromatic ring is 1. The normalized spacial score (nSPS) is 11.0. The molecule has 0 spiro atoms. The summed E-state index contributed by atoms with van der Waals surface area (Å²) in [5, 5.41) is 0.451. The lowest BCUT2D eigenvalue weighted by molar-refractivity contribution is 0.103. The number of aromatic nitrogens is 2. The number of hydrogen-bond acceptors (Lipinski definition) is 4. The zero-order valence-electron chi connectivity index (χ0n) is 14.8. The summed E-state index contributed by atoms with van der Waals surface area (Å²) in [5.41, 5.74) is 6.61. The Kier molecular flexibility index (Phi) is 4.27. The molecule has 5 nitrogen and oxygen atoms in total. The van der Waals surface area contributed by atoms with Crippen LogP contribution in [-0.4, -0.2) is 22.9 Å². The molecule has 0 aliphatic heterocycles. The van der Waals surface area contributed by atoms with Crippen LogP contribution in [0.15, 0.2) is 54.9 Å². The van der Waals surface area contributed by atoms with Gasteiger partial charge in [-0.25, -0.2) is 13.8 Å². The number of pyridine rings is 1. The Balaban J connectivity index is 1.85. The van der Waals surface area contributed by atoms with Gasteiger partial charge in [0.2, 0.25) is 5.78 Å². The molecule has 0 aliphatic rings. The fourth-order valence-electron chi connectivity index (χ4n) is 3.06. The minimum absolute atomic E-state index is 0.107. The maximum absolute atomic E-state index is 14.3. The number of halogens is 2. The Hall–Kier alpha value is -3.74. The number of hydrogen-bond donors (Lipinski definition) is 2. The van der Waals surface area contributed by atoms with Crippen LogP contribution in [0.4, 0.5) is 14.5 Å². The lowest BCUT2D eigenvalue weighted by atomic mass is 10.00. The largest absolute Gasteiger partial charge is 0.497 e. The number of nitrogens with two attached hydrogens (primary N) is 1. The average molecular weight is 379 g/mol. The predicted molar refractivity (Wildman–Crippen MR) is 102 cm³/mol. The van der Waals surface area contributed by atoms with Crippen molar-refractivity contribution in [2.24, 2.45) is 0 Å². The van der Waals surface area contributed by atoms with Crippen molar-refractivity contribution in [3.8, 4) is 16.9 Å². The van der Waals surface area contributed by atoms with E-state index >= 15 is 0 Å². The van der Waals surface area contributed by atoms with Crippen molar-refractivity contribution in [3.63, 3.8) is 0 Å². The van der Waals surface area contributed by atoms with Crippen molar-refractivity contribution in [1.82, 2.24) is 9.97 Å². The number of nitrogens with one attached hydrogen (secondary N) is 1. The Bertz CT molecular complexity index is 1220. The van der Waals surface area contributed by atoms with E-state index in [9.17, 15) is 13.6 Å². The van der Waals surface area contributed by atoms with Gasteiger partial charge in [0.25, 0.3) is 0 Å². The zero-order chi connectivity index (χ0) is 19.8. The molecule has 7 heteroatoms. The van der Waals surface area contributed by atoms with Crippen molar-refractivity contribution in [2.75, 3.05) is 12.8 Å². The molecule has 3 N–H and O–H groups in total. The molecule has 0 aliphatic carbocycles. The molecule has 2 aromatic carbocycles. The summed E-state index contributed by atoms with van der Waals surface area (Å²) in [5.74, 6) is -2.18. The van der Waals surface area contributed by atoms with E-state index in [2.05, 4.69) is 9.97 Å². The summed E-state index contributed by atoms with van der Waals surface area (Å²) in [4.78, 5) is 20.0. The van der Waals surface area contributed by atoms with Gasteiger partial charge in [0.1, 0.15) is 17.2 Å². The van der Waals surface area contributed by atoms with Crippen molar-refractivity contribution >= 4 is 22.5 Å². The number of ether oxygens (including phenoxy) is 1. The highest BCUT2D eigenvalue weighted by Crippen LogP contribution is 2.29. The second-order valence-corrected chi connectivity index (χ2v) is 6.21.